The fourth-order valence-corrected chi connectivity index (χ4v) is 3.31. The molecule has 0 aromatic heterocycles. The second-order valence-electron chi connectivity index (χ2n) is 5.26. The van der Waals surface area contributed by atoms with Gasteiger partial charge in [-0.05, 0) is 42.1 Å². The standard InChI is InChI=1S/C17H18BrN/c18-17-8-4-5-14(11-17)12-19-10-9-16(13-19)15-6-2-1-3-7-15/h1-8,11,16H,9-10,12-13H2. The average Bonchev–Trinajstić information content (AvgIpc) is 2.88. The van der Waals surface area contributed by atoms with Crippen molar-refractivity contribution in [2.75, 3.05) is 13.1 Å². The highest BCUT2D eigenvalue weighted by Crippen LogP contribution is 2.28. The Morgan fingerprint density at radius 1 is 1.05 bits per heavy atom. The van der Waals surface area contributed by atoms with Crippen molar-refractivity contribution in [1.29, 1.82) is 0 Å². The van der Waals surface area contributed by atoms with Crippen LogP contribution in [0.15, 0.2) is 59.1 Å². The number of hydrogen-bond acceptors (Lipinski definition) is 1. The molecule has 1 aliphatic rings. The molecule has 1 unspecified atom stereocenters. The summed E-state index contributed by atoms with van der Waals surface area (Å²) >= 11 is 3.54. The van der Waals surface area contributed by atoms with Gasteiger partial charge in [-0.1, -0.05) is 58.4 Å². The molecule has 3 rings (SSSR count). The van der Waals surface area contributed by atoms with Gasteiger partial charge in [-0.3, -0.25) is 4.90 Å². The molecule has 2 aromatic rings. The molecule has 0 spiro atoms. The van der Waals surface area contributed by atoms with Gasteiger partial charge in [0.2, 0.25) is 0 Å². The second-order valence-corrected chi connectivity index (χ2v) is 6.18. The molecule has 0 bridgehead atoms. The van der Waals surface area contributed by atoms with E-state index in [0.717, 1.165) is 6.54 Å². The van der Waals surface area contributed by atoms with Crippen molar-refractivity contribution in [3.8, 4) is 0 Å². The van der Waals surface area contributed by atoms with Crippen molar-refractivity contribution < 1.29 is 0 Å². The molecule has 0 radical (unpaired) electrons. The Kier molecular flexibility index (Phi) is 4.00. The molecule has 98 valence electrons. The summed E-state index contributed by atoms with van der Waals surface area (Å²) in [5.74, 6) is 0.702. The minimum Gasteiger partial charge on any atom is -0.298 e. The van der Waals surface area contributed by atoms with Crippen LogP contribution < -0.4 is 0 Å². The van der Waals surface area contributed by atoms with E-state index in [9.17, 15) is 0 Å². The van der Waals surface area contributed by atoms with Gasteiger partial charge in [-0.25, -0.2) is 0 Å². The number of rotatable bonds is 3. The van der Waals surface area contributed by atoms with Crippen LogP contribution in [-0.4, -0.2) is 18.0 Å². The molecule has 1 saturated heterocycles. The van der Waals surface area contributed by atoms with Crippen molar-refractivity contribution in [2.45, 2.75) is 18.9 Å². The zero-order chi connectivity index (χ0) is 13.1. The van der Waals surface area contributed by atoms with Crippen LogP contribution in [0, 0.1) is 0 Å². The summed E-state index contributed by atoms with van der Waals surface area (Å²) in [6.07, 6.45) is 1.28. The SMILES string of the molecule is Brc1cccc(CN2CCC(c3ccccc3)C2)c1. The van der Waals surface area contributed by atoms with E-state index in [1.807, 2.05) is 0 Å². The summed E-state index contributed by atoms with van der Waals surface area (Å²) in [4.78, 5) is 2.55. The lowest BCUT2D eigenvalue weighted by molar-refractivity contribution is 0.327. The van der Waals surface area contributed by atoms with E-state index >= 15 is 0 Å². The number of benzene rings is 2. The Labute approximate surface area is 123 Å². The first-order chi connectivity index (χ1) is 9.31. The highest BCUT2D eigenvalue weighted by atomic mass is 79.9. The Morgan fingerprint density at radius 3 is 2.68 bits per heavy atom. The number of hydrogen-bond donors (Lipinski definition) is 0. The first kappa shape index (κ1) is 12.9. The lowest BCUT2D eigenvalue weighted by atomic mass is 9.99. The predicted octanol–water partition coefficient (Wildman–Crippen LogP) is 4.44. The fourth-order valence-electron chi connectivity index (χ4n) is 2.87. The number of likely N-dealkylation sites (tertiary alicyclic amines) is 1. The minimum absolute atomic E-state index is 0.702. The van der Waals surface area contributed by atoms with E-state index in [4.69, 9.17) is 0 Å². The third kappa shape index (κ3) is 3.26. The first-order valence-electron chi connectivity index (χ1n) is 6.83. The van der Waals surface area contributed by atoms with E-state index in [1.54, 1.807) is 0 Å². The summed E-state index contributed by atoms with van der Waals surface area (Å²) < 4.78 is 1.17. The highest BCUT2D eigenvalue weighted by molar-refractivity contribution is 9.10. The molecule has 1 nitrogen and oxygen atoms in total. The molecule has 0 saturated carbocycles. The van der Waals surface area contributed by atoms with Gasteiger partial charge < -0.3 is 0 Å². The van der Waals surface area contributed by atoms with Crippen LogP contribution in [0.5, 0.6) is 0 Å². The highest BCUT2D eigenvalue weighted by Gasteiger charge is 2.23. The topological polar surface area (TPSA) is 3.24 Å². The van der Waals surface area contributed by atoms with Gasteiger partial charge in [0, 0.05) is 17.6 Å². The molecule has 19 heavy (non-hydrogen) atoms. The first-order valence-corrected chi connectivity index (χ1v) is 7.62. The minimum atomic E-state index is 0.702. The lowest BCUT2D eigenvalue weighted by Crippen LogP contribution is -2.19. The molecule has 2 aromatic carbocycles. The fraction of sp³-hybridized carbons (Fsp3) is 0.294. The van der Waals surface area contributed by atoms with Gasteiger partial charge in [-0.2, -0.15) is 0 Å². The van der Waals surface area contributed by atoms with Crippen LogP contribution in [0.25, 0.3) is 0 Å². The van der Waals surface area contributed by atoms with Crippen LogP contribution >= 0.6 is 15.9 Å². The van der Waals surface area contributed by atoms with Crippen LogP contribution in [-0.2, 0) is 6.54 Å². The van der Waals surface area contributed by atoms with Crippen molar-refractivity contribution in [1.82, 2.24) is 4.90 Å². The quantitative estimate of drug-likeness (QED) is 0.809. The van der Waals surface area contributed by atoms with E-state index < -0.39 is 0 Å². The maximum absolute atomic E-state index is 3.54. The maximum atomic E-state index is 3.54. The Balaban J connectivity index is 1.63. The monoisotopic (exact) mass is 315 g/mol. The van der Waals surface area contributed by atoms with E-state index in [-0.39, 0.29) is 0 Å². The average molecular weight is 316 g/mol. The Bertz CT molecular complexity index is 538. The normalized spacial score (nSPS) is 19.7. The van der Waals surface area contributed by atoms with Crippen molar-refractivity contribution in [3.63, 3.8) is 0 Å². The second kappa shape index (κ2) is 5.89. The molecule has 0 aliphatic carbocycles. The van der Waals surface area contributed by atoms with Gasteiger partial charge >= 0.3 is 0 Å². The van der Waals surface area contributed by atoms with Crippen LogP contribution in [0.3, 0.4) is 0 Å². The summed E-state index contributed by atoms with van der Waals surface area (Å²) in [5.41, 5.74) is 2.88. The summed E-state index contributed by atoms with van der Waals surface area (Å²) in [6, 6.07) is 19.5. The summed E-state index contributed by atoms with van der Waals surface area (Å²) in [7, 11) is 0. The van der Waals surface area contributed by atoms with Crippen LogP contribution in [0.2, 0.25) is 0 Å². The molecule has 1 heterocycles. The Hall–Kier alpha value is -1.12. The smallest absolute Gasteiger partial charge is 0.0234 e. The molecule has 1 atom stereocenters. The third-order valence-corrected chi connectivity index (χ3v) is 4.33. The summed E-state index contributed by atoms with van der Waals surface area (Å²) in [6.45, 7) is 3.44. The largest absolute Gasteiger partial charge is 0.298 e. The summed E-state index contributed by atoms with van der Waals surface area (Å²) in [5, 5.41) is 0. The zero-order valence-electron chi connectivity index (χ0n) is 10.9. The van der Waals surface area contributed by atoms with Crippen molar-refractivity contribution in [3.05, 3.63) is 70.2 Å². The number of halogens is 1. The third-order valence-electron chi connectivity index (χ3n) is 3.84. The maximum Gasteiger partial charge on any atom is 0.0234 e. The number of nitrogens with zero attached hydrogens (tertiary/aromatic N) is 1. The van der Waals surface area contributed by atoms with E-state index in [2.05, 4.69) is 75.4 Å². The van der Waals surface area contributed by atoms with Gasteiger partial charge in [0.15, 0.2) is 0 Å². The van der Waals surface area contributed by atoms with Gasteiger partial charge in [-0.15, -0.1) is 0 Å². The molecule has 0 amide bonds. The molecule has 1 fully saturated rings. The zero-order valence-corrected chi connectivity index (χ0v) is 12.5. The van der Waals surface area contributed by atoms with Gasteiger partial charge in [0.25, 0.3) is 0 Å². The van der Waals surface area contributed by atoms with Gasteiger partial charge in [0.1, 0.15) is 0 Å². The van der Waals surface area contributed by atoms with Crippen LogP contribution in [0.1, 0.15) is 23.5 Å². The van der Waals surface area contributed by atoms with Crippen molar-refractivity contribution >= 4 is 15.9 Å². The Morgan fingerprint density at radius 2 is 1.89 bits per heavy atom. The van der Waals surface area contributed by atoms with Crippen molar-refractivity contribution in [2.24, 2.45) is 0 Å². The van der Waals surface area contributed by atoms with Gasteiger partial charge in [0.05, 0.1) is 0 Å². The lowest BCUT2D eigenvalue weighted by Gasteiger charge is -2.16. The van der Waals surface area contributed by atoms with E-state index in [1.165, 1.54) is 35.1 Å². The van der Waals surface area contributed by atoms with E-state index in [0.29, 0.717) is 5.92 Å². The molecule has 0 N–H and O–H groups in total. The van der Waals surface area contributed by atoms with Crippen LogP contribution in [0.4, 0.5) is 0 Å². The molecule has 1 aliphatic heterocycles. The molecule has 2 heteroatoms. The predicted molar refractivity (Wildman–Crippen MR) is 83.2 cm³/mol. The molecular weight excluding hydrogens is 298 g/mol. The molecular formula is C17H18BrN.